The average Bonchev–Trinajstić information content (AvgIpc) is 2.03. The third-order valence-corrected chi connectivity index (χ3v) is 2.13. The summed E-state index contributed by atoms with van der Waals surface area (Å²) < 4.78 is 4.56. The summed E-state index contributed by atoms with van der Waals surface area (Å²) in [7, 11) is 0. The predicted molar refractivity (Wildman–Crippen MR) is 50.8 cm³/mol. The van der Waals surface area contributed by atoms with E-state index < -0.39 is 6.09 Å². The lowest BCUT2D eigenvalue weighted by atomic mass is 10.2. The van der Waals surface area contributed by atoms with Crippen LogP contribution in [0.2, 0.25) is 10.0 Å². The minimum absolute atomic E-state index is 0.00611. The molecule has 0 atom stereocenters. The first kappa shape index (κ1) is 10.2. The molecule has 70 valence electrons. The van der Waals surface area contributed by atoms with Gasteiger partial charge in [-0.3, -0.25) is 0 Å². The molecule has 1 amide bonds. The lowest BCUT2D eigenvalue weighted by molar-refractivity contribution is 0.150. The van der Waals surface area contributed by atoms with Gasteiger partial charge in [-0.15, -0.1) is 0 Å². The number of ether oxygens (including phenoxy) is 1. The smallest absolute Gasteiger partial charge is 0.404 e. The first-order valence-electron chi connectivity index (χ1n) is 3.46. The van der Waals surface area contributed by atoms with Gasteiger partial charge in [-0.25, -0.2) is 4.79 Å². The van der Waals surface area contributed by atoms with E-state index in [0.717, 1.165) is 0 Å². The molecule has 13 heavy (non-hydrogen) atoms. The van der Waals surface area contributed by atoms with E-state index in [1.807, 2.05) is 0 Å². The van der Waals surface area contributed by atoms with Crippen LogP contribution in [-0.4, -0.2) is 6.09 Å². The molecule has 3 nitrogen and oxygen atoms in total. The summed E-state index contributed by atoms with van der Waals surface area (Å²) in [5.41, 5.74) is 5.35. The lowest BCUT2D eigenvalue weighted by Gasteiger charge is -2.05. The van der Waals surface area contributed by atoms with Gasteiger partial charge in [-0.1, -0.05) is 29.3 Å². The second-order valence-corrected chi connectivity index (χ2v) is 3.12. The van der Waals surface area contributed by atoms with E-state index in [1.54, 1.807) is 18.2 Å². The number of carbonyl (C=O) groups is 1. The number of halogens is 2. The Bertz CT molecular complexity index is 308. The largest absolute Gasteiger partial charge is 0.445 e. The Labute approximate surface area is 85.4 Å². The minimum Gasteiger partial charge on any atom is -0.445 e. The summed E-state index contributed by atoms with van der Waals surface area (Å²) in [5.74, 6) is 0. The van der Waals surface area contributed by atoms with E-state index in [9.17, 15) is 4.79 Å². The molecule has 0 saturated carbocycles. The highest BCUT2D eigenvalue weighted by atomic mass is 35.5. The third-order valence-electron chi connectivity index (χ3n) is 1.42. The number of hydrogen-bond acceptors (Lipinski definition) is 2. The normalized spacial score (nSPS) is 9.69. The van der Waals surface area contributed by atoms with Crippen LogP contribution < -0.4 is 5.73 Å². The Hall–Kier alpha value is -0.930. The molecule has 2 N–H and O–H groups in total. The van der Waals surface area contributed by atoms with Crippen LogP contribution in [0.3, 0.4) is 0 Å². The van der Waals surface area contributed by atoms with E-state index >= 15 is 0 Å². The number of nitrogens with two attached hydrogens (primary N) is 1. The number of rotatable bonds is 2. The van der Waals surface area contributed by atoms with E-state index in [-0.39, 0.29) is 6.61 Å². The highest BCUT2D eigenvalue weighted by molar-refractivity contribution is 6.35. The van der Waals surface area contributed by atoms with E-state index in [2.05, 4.69) is 4.74 Å². The summed E-state index contributed by atoms with van der Waals surface area (Å²) in [4.78, 5) is 10.3. The predicted octanol–water partition coefficient (Wildman–Crippen LogP) is 2.59. The molecule has 1 aromatic carbocycles. The van der Waals surface area contributed by atoms with Crippen molar-refractivity contribution < 1.29 is 9.53 Å². The Morgan fingerprint density at radius 3 is 2.38 bits per heavy atom. The first-order chi connectivity index (χ1) is 6.11. The highest BCUT2D eigenvalue weighted by Gasteiger charge is 2.06. The molecule has 0 bridgehead atoms. The lowest BCUT2D eigenvalue weighted by Crippen LogP contribution is -2.12. The van der Waals surface area contributed by atoms with Crippen LogP contribution in [0.1, 0.15) is 5.56 Å². The zero-order chi connectivity index (χ0) is 9.84. The molecule has 0 unspecified atom stereocenters. The zero-order valence-electron chi connectivity index (χ0n) is 6.59. The maximum Gasteiger partial charge on any atom is 0.404 e. The first-order valence-corrected chi connectivity index (χ1v) is 4.22. The fourth-order valence-electron chi connectivity index (χ4n) is 0.814. The average molecular weight is 220 g/mol. The Balaban J connectivity index is 2.81. The van der Waals surface area contributed by atoms with Crippen molar-refractivity contribution in [3.8, 4) is 0 Å². The maximum atomic E-state index is 10.3. The quantitative estimate of drug-likeness (QED) is 0.832. The van der Waals surface area contributed by atoms with Crippen molar-refractivity contribution in [3.05, 3.63) is 33.8 Å². The Morgan fingerprint density at radius 2 is 1.92 bits per heavy atom. The van der Waals surface area contributed by atoms with Crippen molar-refractivity contribution in [2.45, 2.75) is 6.61 Å². The van der Waals surface area contributed by atoms with E-state index in [4.69, 9.17) is 28.9 Å². The topological polar surface area (TPSA) is 52.3 Å². The molecule has 1 aromatic rings. The van der Waals surface area contributed by atoms with Crippen molar-refractivity contribution in [3.63, 3.8) is 0 Å². The van der Waals surface area contributed by atoms with Crippen molar-refractivity contribution >= 4 is 29.3 Å². The molecule has 0 spiro atoms. The molecule has 0 radical (unpaired) electrons. The summed E-state index contributed by atoms with van der Waals surface area (Å²) >= 11 is 11.6. The van der Waals surface area contributed by atoms with Crippen molar-refractivity contribution in [2.75, 3.05) is 0 Å². The third kappa shape index (κ3) is 2.79. The molecule has 0 heterocycles. The Kier molecular flexibility index (Phi) is 3.39. The van der Waals surface area contributed by atoms with Crippen molar-refractivity contribution in [2.24, 2.45) is 5.73 Å². The molecule has 0 aliphatic rings. The van der Waals surface area contributed by atoms with Crippen LogP contribution in [0, 0.1) is 0 Å². The van der Waals surface area contributed by atoms with Gasteiger partial charge >= 0.3 is 6.09 Å². The van der Waals surface area contributed by atoms with Crippen LogP contribution >= 0.6 is 23.2 Å². The zero-order valence-corrected chi connectivity index (χ0v) is 8.10. The van der Waals surface area contributed by atoms with Gasteiger partial charge < -0.3 is 10.5 Å². The van der Waals surface area contributed by atoms with Gasteiger partial charge in [0.1, 0.15) is 6.61 Å². The van der Waals surface area contributed by atoms with Crippen molar-refractivity contribution in [1.29, 1.82) is 0 Å². The number of benzene rings is 1. The molecule has 0 saturated heterocycles. The molecular weight excluding hydrogens is 213 g/mol. The fraction of sp³-hybridized carbons (Fsp3) is 0.125. The van der Waals surface area contributed by atoms with Crippen LogP contribution in [-0.2, 0) is 11.3 Å². The number of carbonyl (C=O) groups excluding carboxylic acids is 1. The van der Waals surface area contributed by atoms with Crippen LogP contribution in [0.25, 0.3) is 0 Å². The van der Waals surface area contributed by atoms with Gasteiger partial charge in [0.15, 0.2) is 0 Å². The van der Waals surface area contributed by atoms with Gasteiger partial charge in [0.25, 0.3) is 0 Å². The fourth-order valence-corrected chi connectivity index (χ4v) is 1.32. The monoisotopic (exact) mass is 219 g/mol. The number of hydrogen-bond donors (Lipinski definition) is 1. The molecule has 0 aliphatic carbocycles. The number of amides is 1. The van der Waals surface area contributed by atoms with Crippen LogP contribution in [0.4, 0.5) is 4.79 Å². The van der Waals surface area contributed by atoms with Gasteiger partial charge in [0, 0.05) is 15.6 Å². The summed E-state index contributed by atoms with van der Waals surface area (Å²) in [6, 6.07) is 5.03. The Morgan fingerprint density at radius 1 is 1.38 bits per heavy atom. The van der Waals surface area contributed by atoms with Gasteiger partial charge in [-0.05, 0) is 12.1 Å². The SMILES string of the molecule is NC(=O)OCc1c(Cl)cccc1Cl. The van der Waals surface area contributed by atoms with Gasteiger partial charge in [0.05, 0.1) is 0 Å². The van der Waals surface area contributed by atoms with E-state index in [1.165, 1.54) is 0 Å². The second-order valence-electron chi connectivity index (χ2n) is 2.31. The molecular formula is C8H7Cl2NO2. The van der Waals surface area contributed by atoms with Crippen LogP contribution in [0.5, 0.6) is 0 Å². The summed E-state index contributed by atoms with van der Waals surface area (Å²) in [5, 5.41) is 0.905. The molecule has 1 rings (SSSR count). The second kappa shape index (κ2) is 4.35. The van der Waals surface area contributed by atoms with Gasteiger partial charge in [-0.2, -0.15) is 0 Å². The standard InChI is InChI=1S/C8H7Cl2NO2/c9-6-2-1-3-7(10)5(6)4-13-8(11)12/h1-3H,4H2,(H2,11,12). The minimum atomic E-state index is -0.851. The molecule has 0 aromatic heterocycles. The van der Waals surface area contributed by atoms with Crippen LogP contribution in [0.15, 0.2) is 18.2 Å². The summed E-state index contributed by atoms with van der Waals surface area (Å²) in [6.45, 7) is -0.00611. The number of primary amides is 1. The highest BCUT2D eigenvalue weighted by Crippen LogP contribution is 2.24. The molecule has 0 fully saturated rings. The van der Waals surface area contributed by atoms with E-state index in [0.29, 0.717) is 15.6 Å². The molecule has 5 heteroatoms. The van der Waals surface area contributed by atoms with Crippen molar-refractivity contribution in [1.82, 2.24) is 0 Å². The maximum absolute atomic E-state index is 10.3. The molecule has 0 aliphatic heterocycles. The van der Waals surface area contributed by atoms with Gasteiger partial charge in [0.2, 0.25) is 0 Å². The summed E-state index contributed by atoms with van der Waals surface area (Å²) in [6.07, 6.45) is -0.851.